The zero-order chi connectivity index (χ0) is 18.2. The molecule has 0 bridgehead atoms. The van der Waals surface area contributed by atoms with Crippen molar-refractivity contribution >= 4 is 0 Å². The van der Waals surface area contributed by atoms with E-state index in [4.69, 9.17) is 4.52 Å². The van der Waals surface area contributed by atoms with E-state index in [0.29, 0.717) is 22.6 Å². The summed E-state index contributed by atoms with van der Waals surface area (Å²) in [6.45, 7) is 3.90. The van der Waals surface area contributed by atoms with Crippen LogP contribution in [-0.4, -0.2) is 36.1 Å². The van der Waals surface area contributed by atoms with Gasteiger partial charge in [-0.05, 0) is 20.8 Å². The lowest BCUT2D eigenvalue weighted by molar-refractivity contribution is -0.142. The third-order valence-corrected chi connectivity index (χ3v) is 3.80. The Hall–Kier alpha value is -2.78. The van der Waals surface area contributed by atoms with Gasteiger partial charge in [-0.1, -0.05) is 5.16 Å². The molecule has 0 spiro atoms. The summed E-state index contributed by atoms with van der Waals surface area (Å²) in [4.78, 5) is 12.3. The Labute approximate surface area is 140 Å². The van der Waals surface area contributed by atoms with E-state index in [1.807, 2.05) is 0 Å². The summed E-state index contributed by atoms with van der Waals surface area (Å²) in [5.41, 5.74) is 2.00. The van der Waals surface area contributed by atoms with Crippen molar-refractivity contribution in [3.8, 4) is 11.5 Å². The molecule has 0 saturated carbocycles. The highest BCUT2D eigenvalue weighted by Gasteiger charge is 2.31. The van der Waals surface area contributed by atoms with Gasteiger partial charge in [-0.15, -0.1) is 0 Å². The standard InChI is InChI=1S/C15H15F3N6O/c1-8(12-9(2)22-24(10(12)3)7-15(16,17)18)14-21-13(23-25-14)11-6-19-4-5-20-11/h4-6,8H,7H2,1-3H3. The maximum atomic E-state index is 12.7. The first kappa shape index (κ1) is 17.1. The van der Waals surface area contributed by atoms with Gasteiger partial charge in [-0.2, -0.15) is 23.3 Å². The SMILES string of the molecule is Cc1nn(CC(F)(F)F)c(C)c1C(C)c1nc(-c2cnccn2)no1. The van der Waals surface area contributed by atoms with Crippen molar-refractivity contribution in [1.82, 2.24) is 29.9 Å². The third-order valence-electron chi connectivity index (χ3n) is 3.80. The Morgan fingerprint density at radius 3 is 2.64 bits per heavy atom. The predicted molar refractivity (Wildman–Crippen MR) is 80.6 cm³/mol. The molecule has 132 valence electrons. The molecule has 0 saturated heterocycles. The van der Waals surface area contributed by atoms with Crippen LogP contribution >= 0.6 is 0 Å². The van der Waals surface area contributed by atoms with Gasteiger partial charge >= 0.3 is 6.18 Å². The van der Waals surface area contributed by atoms with Crippen LogP contribution in [0.1, 0.15) is 35.7 Å². The fourth-order valence-corrected chi connectivity index (χ4v) is 2.71. The van der Waals surface area contributed by atoms with Gasteiger partial charge in [-0.3, -0.25) is 9.67 Å². The minimum atomic E-state index is -4.34. The second kappa shape index (κ2) is 6.26. The lowest BCUT2D eigenvalue weighted by atomic mass is 9.99. The molecular weight excluding hydrogens is 337 g/mol. The lowest BCUT2D eigenvalue weighted by Gasteiger charge is -2.10. The average Bonchev–Trinajstić information content (AvgIpc) is 3.12. The molecule has 0 fully saturated rings. The second-order valence-corrected chi connectivity index (χ2v) is 5.63. The van der Waals surface area contributed by atoms with Crippen molar-refractivity contribution in [2.24, 2.45) is 0 Å². The predicted octanol–water partition coefficient (Wildman–Crippen LogP) is 3.05. The molecule has 3 aromatic heterocycles. The summed E-state index contributed by atoms with van der Waals surface area (Å²) in [7, 11) is 0. The number of aryl methyl sites for hydroxylation is 1. The average molecular weight is 352 g/mol. The zero-order valence-electron chi connectivity index (χ0n) is 13.7. The molecule has 3 rings (SSSR count). The second-order valence-electron chi connectivity index (χ2n) is 5.63. The zero-order valence-corrected chi connectivity index (χ0v) is 13.7. The van der Waals surface area contributed by atoms with Crippen LogP contribution in [0.2, 0.25) is 0 Å². The maximum Gasteiger partial charge on any atom is 0.408 e. The molecule has 0 aliphatic rings. The van der Waals surface area contributed by atoms with Gasteiger partial charge in [-0.25, -0.2) is 4.98 Å². The molecule has 0 aromatic carbocycles. The molecule has 0 N–H and O–H groups in total. The maximum absolute atomic E-state index is 12.7. The van der Waals surface area contributed by atoms with Gasteiger partial charge < -0.3 is 4.52 Å². The highest BCUT2D eigenvalue weighted by Crippen LogP contribution is 2.30. The molecule has 10 heteroatoms. The van der Waals surface area contributed by atoms with E-state index in [1.54, 1.807) is 20.8 Å². The van der Waals surface area contributed by atoms with Gasteiger partial charge in [0.2, 0.25) is 11.7 Å². The summed E-state index contributed by atoms with van der Waals surface area (Å²) in [6.07, 6.45) is 0.184. The molecule has 0 aliphatic carbocycles. The number of hydrogen-bond acceptors (Lipinski definition) is 6. The molecule has 0 radical (unpaired) electrons. The number of aromatic nitrogens is 6. The van der Waals surface area contributed by atoms with Crippen LogP contribution in [0.5, 0.6) is 0 Å². The first-order chi connectivity index (χ1) is 11.8. The largest absolute Gasteiger partial charge is 0.408 e. The van der Waals surface area contributed by atoms with Gasteiger partial charge in [0.15, 0.2) is 0 Å². The Morgan fingerprint density at radius 1 is 1.24 bits per heavy atom. The molecule has 1 unspecified atom stereocenters. The number of rotatable bonds is 4. The van der Waals surface area contributed by atoms with Crippen molar-refractivity contribution in [1.29, 1.82) is 0 Å². The Morgan fingerprint density at radius 2 is 2.00 bits per heavy atom. The van der Waals surface area contributed by atoms with Crippen molar-refractivity contribution in [3.05, 3.63) is 41.4 Å². The van der Waals surface area contributed by atoms with Crippen LogP contribution < -0.4 is 0 Å². The summed E-state index contributed by atoms with van der Waals surface area (Å²) in [6, 6.07) is 0. The first-order valence-corrected chi connectivity index (χ1v) is 7.47. The van der Waals surface area contributed by atoms with E-state index < -0.39 is 18.6 Å². The quantitative estimate of drug-likeness (QED) is 0.718. The van der Waals surface area contributed by atoms with Crippen molar-refractivity contribution < 1.29 is 17.7 Å². The smallest absolute Gasteiger partial charge is 0.338 e. The molecule has 0 amide bonds. The van der Waals surface area contributed by atoms with Crippen molar-refractivity contribution in [2.75, 3.05) is 0 Å². The van der Waals surface area contributed by atoms with Crippen LogP contribution in [-0.2, 0) is 6.54 Å². The van der Waals surface area contributed by atoms with Gasteiger partial charge in [0.05, 0.1) is 17.8 Å². The van der Waals surface area contributed by atoms with Gasteiger partial charge in [0, 0.05) is 23.7 Å². The van der Waals surface area contributed by atoms with Crippen molar-refractivity contribution in [2.45, 2.75) is 39.4 Å². The highest BCUT2D eigenvalue weighted by atomic mass is 19.4. The van der Waals surface area contributed by atoms with E-state index in [0.717, 1.165) is 4.68 Å². The molecule has 25 heavy (non-hydrogen) atoms. The Bertz CT molecular complexity index is 871. The summed E-state index contributed by atoms with van der Waals surface area (Å²) in [5, 5.41) is 7.85. The molecule has 1 atom stereocenters. The Kier molecular flexibility index (Phi) is 4.27. The molecule has 7 nitrogen and oxygen atoms in total. The number of hydrogen-bond donors (Lipinski definition) is 0. The van der Waals surface area contributed by atoms with Gasteiger partial charge in [0.1, 0.15) is 12.2 Å². The van der Waals surface area contributed by atoms with Crippen LogP contribution in [0.15, 0.2) is 23.1 Å². The van der Waals surface area contributed by atoms with Crippen LogP contribution in [0, 0.1) is 13.8 Å². The summed E-state index contributed by atoms with van der Waals surface area (Å²) in [5.74, 6) is 0.145. The van der Waals surface area contributed by atoms with Crippen molar-refractivity contribution in [3.63, 3.8) is 0 Å². The number of halogens is 3. The first-order valence-electron chi connectivity index (χ1n) is 7.47. The van der Waals surface area contributed by atoms with E-state index in [2.05, 4.69) is 25.2 Å². The lowest BCUT2D eigenvalue weighted by Crippen LogP contribution is -2.19. The van der Waals surface area contributed by atoms with E-state index in [1.165, 1.54) is 18.6 Å². The van der Waals surface area contributed by atoms with Crippen LogP contribution in [0.25, 0.3) is 11.5 Å². The molecule has 3 aromatic rings. The normalized spacial score (nSPS) is 13.2. The van der Waals surface area contributed by atoms with Crippen LogP contribution in [0.4, 0.5) is 13.2 Å². The summed E-state index contributed by atoms with van der Waals surface area (Å²) >= 11 is 0. The van der Waals surface area contributed by atoms with Crippen LogP contribution in [0.3, 0.4) is 0 Å². The van der Waals surface area contributed by atoms with E-state index in [-0.39, 0.29) is 11.7 Å². The topological polar surface area (TPSA) is 82.5 Å². The minimum Gasteiger partial charge on any atom is -0.338 e. The number of alkyl halides is 3. The van der Waals surface area contributed by atoms with Gasteiger partial charge in [0.25, 0.3) is 0 Å². The van der Waals surface area contributed by atoms with E-state index >= 15 is 0 Å². The highest BCUT2D eigenvalue weighted by molar-refractivity contribution is 5.46. The fraction of sp³-hybridized carbons (Fsp3) is 0.400. The molecule has 0 aliphatic heterocycles. The van der Waals surface area contributed by atoms with E-state index in [9.17, 15) is 13.2 Å². The third kappa shape index (κ3) is 3.52. The molecule has 3 heterocycles. The monoisotopic (exact) mass is 352 g/mol. The summed E-state index contributed by atoms with van der Waals surface area (Å²) < 4.78 is 44.2. The molecular formula is C15H15F3N6O. The minimum absolute atomic E-state index is 0.271. The fourth-order valence-electron chi connectivity index (χ4n) is 2.71. The number of nitrogens with zero attached hydrogens (tertiary/aromatic N) is 6. The Balaban J connectivity index is 1.92.